The Balaban J connectivity index is 1.65. The highest BCUT2D eigenvalue weighted by Gasteiger charge is 2.41. The van der Waals surface area contributed by atoms with Gasteiger partial charge in [0.05, 0.1) is 10.3 Å². The molecule has 0 N–H and O–H groups in total. The van der Waals surface area contributed by atoms with Gasteiger partial charge < -0.3 is 4.74 Å². The molecule has 0 amide bonds. The zero-order valence-corrected chi connectivity index (χ0v) is 16.0. The summed E-state index contributed by atoms with van der Waals surface area (Å²) in [5.41, 5.74) is 0.761. The number of thioether (sulfide) groups is 1. The number of ether oxygens (including phenoxy) is 1. The Kier molecular flexibility index (Phi) is 6.50. The zero-order valence-electron chi connectivity index (χ0n) is 15.1. The van der Waals surface area contributed by atoms with E-state index in [1.54, 1.807) is 11.8 Å². The van der Waals surface area contributed by atoms with Crippen LogP contribution in [0.1, 0.15) is 37.7 Å². The van der Waals surface area contributed by atoms with E-state index in [2.05, 4.69) is 12.1 Å². The Bertz CT molecular complexity index is 771. The maximum absolute atomic E-state index is 13.0. The van der Waals surface area contributed by atoms with E-state index in [1.165, 1.54) is 29.8 Å². The smallest absolute Gasteiger partial charge is 0.318 e. The lowest BCUT2D eigenvalue weighted by Crippen LogP contribution is -2.39. The van der Waals surface area contributed by atoms with Crippen LogP contribution in [-0.4, -0.2) is 16.6 Å². The first-order valence-corrected chi connectivity index (χ1v) is 10.3. The summed E-state index contributed by atoms with van der Waals surface area (Å²) in [6.07, 6.45) is 4.87. The van der Waals surface area contributed by atoms with E-state index in [-0.39, 0.29) is 11.7 Å². The third kappa shape index (κ3) is 5.10. The van der Waals surface area contributed by atoms with Crippen LogP contribution in [0, 0.1) is 15.5 Å². The Morgan fingerprint density at radius 3 is 2.33 bits per heavy atom. The van der Waals surface area contributed by atoms with Crippen molar-refractivity contribution in [3.8, 4) is 5.75 Å². The van der Waals surface area contributed by atoms with Crippen molar-refractivity contribution in [2.75, 3.05) is 5.75 Å². The van der Waals surface area contributed by atoms with Crippen LogP contribution >= 0.6 is 11.8 Å². The molecule has 142 valence electrons. The third-order valence-electron chi connectivity index (χ3n) is 4.99. The van der Waals surface area contributed by atoms with E-state index in [1.807, 2.05) is 18.2 Å². The van der Waals surface area contributed by atoms with Crippen LogP contribution in [0.25, 0.3) is 0 Å². The van der Waals surface area contributed by atoms with Gasteiger partial charge in [-0.05, 0) is 30.5 Å². The largest absolute Gasteiger partial charge is 0.426 e. The maximum atomic E-state index is 13.0. The number of nitro benzene ring substituents is 1. The van der Waals surface area contributed by atoms with Crippen LogP contribution in [0.5, 0.6) is 5.75 Å². The predicted octanol–water partition coefficient (Wildman–Crippen LogP) is 5.38. The first-order chi connectivity index (χ1) is 13.1. The van der Waals surface area contributed by atoms with Gasteiger partial charge >= 0.3 is 5.97 Å². The van der Waals surface area contributed by atoms with Crippen molar-refractivity contribution in [1.29, 1.82) is 0 Å². The second-order valence-electron chi connectivity index (χ2n) is 6.96. The number of esters is 1. The van der Waals surface area contributed by atoms with Crippen molar-refractivity contribution in [3.63, 3.8) is 0 Å². The first kappa shape index (κ1) is 19.4. The van der Waals surface area contributed by atoms with Gasteiger partial charge in [0.15, 0.2) is 0 Å². The Morgan fingerprint density at radius 2 is 1.70 bits per heavy atom. The lowest BCUT2D eigenvalue weighted by atomic mass is 9.75. The summed E-state index contributed by atoms with van der Waals surface area (Å²) in [5.74, 6) is 1.75. The molecule has 0 bridgehead atoms. The highest BCUT2D eigenvalue weighted by Crippen LogP contribution is 2.41. The molecule has 0 aliphatic heterocycles. The number of nitro groups is 1. The molecule has 2 aromatic carbocycles. The molecule has 3 rings (SSSR count). The molecule has 0 radical (unpaired) electrons. The average Bonchev–Trinajstić information content (AvgIpc) is 2.70. The summed E-state index contributed by atoms with van der Waals surface area (Å²) in [7, 11) is 0. The van der Waals surface area contributed by atoms with Crippen molar-refractivity contribution >= 4 is 23.4 Å². The van der Waals surface area contributed by atoms with Crippen molar-refractivity contribution < 1.29 is 14.5 Å². The topological polar surface area (TPSA) is 69.4 Å². The minimum atomic E-state index is -0.473. The number of hydrogen-bond acceptors (Lipinski definition) is 5. The number of hydrogen-bond donors (Lipinski definition) is 0. The molecule has 5 nitrogen and oxygen atoms in total. The van der Waals surface area contributed by atoms with Crippen molar-refractivity contribution in [2.45, 2.75) is 37.9 Å². The van der Waals surface area contributed by atoms with E-state index < -0.39 is 10.3 Å². The van der Waals surface area contributed by atoms with Gasteiger partial charge in [0, 0.05) is 23.6 Å². The highest BCUT2D eigenvalue weighted by atomic mass is 32.2. The number of non-ortho nitro benzene ring substituents is 1. The number of carbonyl (C=O) groups excluding carboxylic acids is 1. The predicted molar refractivity (Wildman–Crippen MR) is 107 cm³/mol. The van der Waals surface area contributed by atoms with Crippen LogP contribution in [0.3, 0.4) is 0 Å². The molecule has 1 aliphatic carbocycles. The first-order valence-electron chi connectivity index (χ1n) is 9.17. The monoisotopic (exact) mass is 385 g/mol. The lowest BCUT2D eigenvalue weighted by Gasteiger charge is -2.34. The molecule has 0 heterocycles. The second-order valence-corrected chi connectivity index (χ2v) is 7.95. The summed E-state index contributed by atoms with van der Waals surface area (Å²) < 4.78 is 5.62. The van der Waals surface area contributed by atoms with Gasteiger partial charge in [0.1, 0.15) is 5.75 Å². The fourth-order valence-corrected chi connectivity index (χ4v) is 4.75. The fourth-order valence-electron chi connectivity index (χ4n) is 3.43. The van der Waals surface area contributed by atoms with Gasteiger partial charge in [-0.1, -0.05) is 49.6 Å². The molecule has 0 atom stereocenters. The molecule has 6 heteroatoms. The van der Waals surface area contributed by atoms with Gasteiger partial charge in [-0.15, -0.1) is 0 Å². The normalized spacial score (nSPS) is 15.9. The molecule has 2 aromatic rings. The Morgan fingerprint density at radius 1 is 1.04 bits per heavy atom. The minimum Gasteiger partial charge on any atom is -0.426 e. The van der Waals surface area contributed by atoms with Gasteiger partial charge in [-0.3, -0.25) is 14.9 Å². The van der Waals surface area contributed by atoms with E-state index in [4.69, 9.17) is 4.74 Å². The molecule has 0 aromatic heterocycles. The van der Waals surface area contributed by atoms with Crippen LogP contribution in [-0.2, 0) is 10.5 Å². The number of carbonyl (C=O) groups is 1. The lowest BCUT2D eigenvalue weighted by molar-refractivity contribution is -0.384. The van der Waals surface area contributed by atoms with Crippen LogP contribution in [0.2, 0.25) is 0 Å². The molecule has 1 fully saturated rings. The maximum Gasteiger partial charge on any atom is 0.318 e. The SMILES string of the molecule is O=C(Oc1ccc([N+](=O)[O-])cc1)C1(CSCc2ccccc2)CCCCC1. The minimum absolute atomic E-state index is 0.0133. The third-order valence-corrected chi connectivity index (χ3v) is 6.29. The van der Waals surface area contributed by atoms with E-state index >= 15 is 0 Å². The van der Waals surface area contributed by atoms with E-state index in [9.17, 15) is 14.9 Å². The van der Waals surface area contributed by atoms with Crippen molar-refractivity contribution in [1.82, 2.24) is 0 Å². The summed E-state index contributed by atoms with van der Waals surface area (Å²) in [6, 6.07) is 15.9. The van der Waals surface area contributed by atoms with Gasteiger partial charge in [-0.2, -0.15) is 11.8 Å². The van der Waals surface area contributed by atoms with Crippen LogP contribution < -0.4 is 4.74 Å². The second kappa shape index (κ2) is 9.04. The average molecular weight is 385 g/mol. The highest BCUT2D eigenvalue weighted by molar-refractivity contribution is 7.98. The standard InChI is InChI=1S/C21H23NO4S/c23-20(26-19-11-9-18(10-12-19)22(24)25)21(13-5-2-6-14-21)16-27-15-17-7-3-1-4-8-17/h1,3-4,7-12H,2,5-6,13-16H2. The van der Waals surface area contributed by atoms with Crippen LogP contribution in [0.15, 0.2) is 54.6 Å². The van der Waals surface area contributed by atoms with Crippen molar-refractivity contribution in [3.05, 3.63) is 70.3 Å². The van der Waals surface area contributed by atoms with Gasteiger partial charge in [-0.25, -0.2) is 0 Å². The van der Waals surface area contributed by atoms with Crippen LogP contribution in [0.4, 0.5) is 5.69 Å². The molecule has 0 saturated heterocycles. The Hall–Kier alpha value is -2.34. The number of nitrogens with zero attached hydrogens (tertiary/aromatic N) is 1. The van der Waals surface area contributed by atoms with E-state index in [0.29, 0.717) is 5.75 Å². The molecule has 27 heavy (non-hydrogen) atoms. The summed E-state index contributed by atoms with van der Waals surface area (Å²) >= 11 is 1.77. The van der Waals surface area contributed by atoms with Gasteiger partial charge in [0.2, 0.25) is 0 Å². The van der Waals surface area contributed by atoms with Gasteiger partial charge in [0.25, 0.3) is 5.69 Å². The fraction of sp³-hybridized carbons (Fsp3) is 0.381. The molecule has 0 spiro atoms. The number of benzene rings is 2. The molecule has 1 saturated carbocycles. The molecule has 1 aliphatic rings. The zero-order chi connectivity index (χ0) is 19.1. The van der Waals surface area contributed by atoms with E-state index in [0.717, 1.165) is 43.6 Å². The summed E-state index contributed by atoms with van der Waals surface area (Å²) in [6.45, 7) is 0. The van der Waals surface area contributed by atoms with Crippen molar-refractivity contribution in [2.24, 2.45) is 5.41 Å². The summed E-state index contributed by atoms with van der Waals surface area (Å²) in [5, 5.41) is 10.8. The molecular weight excluding hydrogens is 362 g/mol. The quantitative estimate of drug-likeness (QED) is 0.277. The summed E-state index contributed by atoms with van der Waals surface area (Å²) in [4.78, 5) is 23.3. The Labute approximate surface area is 163 Å². The molecule has 0 unspecified atom stereocenters. The number of rotatable bonds is 7. The molecular formula is C21H23NO4S.